The van der Waals surface area contributed by atoms with Crippen LogP contribution in [0.25, 0.3) is 0 Å². The summed E-state index contributed by atoms with van der Waals surface area (Å²) in [5.74, 6) is -0.160. The number of likely N-dealkylation sites (tertiary alicyclic amines) is 1. The molecule has 0 saturated carbocycles. The van der Waals surface area contributed by atoms with Crippen molar-refractivity contribution in [2.24, 2.45) is 0 Å². The molecule has 1 aliphatic heterocycles. The number of hydrogen-bond acceptors (Lipinski definition) is 4. The first-order valence-electron chi connectivity index (χ1n) is 8.24. The standard InChI is InChI=1S/C18H20FN3O3/c1-11-16(12(2)25-21-11)18(24)22-9-7-15(8-10-22)20-17(23)13-3-5-14(19)6-4-13/h3-6,15H,7-10H2,1-2H3,(H,20,23). The van der Waals surface area contributed by atoms with Gasteiger partial charge in [0, 0.05) is 24.7 Å². The molecule has 0 spiro atoms. The fourth-order valence-electron chi connectivity index (χ4n) is 3.04. The number of nitrogens with one attached hydrogen (secondary N) is 1. The average molecular weight is 345 g/mol. The number of hydrogen-bond donors (Lipinski definition) is 1. The van der Waals surface area contributed by atoms with Crippen LogP contribution in [0.4, 0.5) is 4.39 Å². The van der Waals surface area contributed by atoms with E-state index in [1.807, 2.05) is 0 Å². The minimum absolute atomic E-state index is 0.00808. The Morgan fingerprint density at radius 2 is 1.84 bits per heavy atom. The zero-order chi connectivity index (χ0) is 18.0. The Morgan fingerprint density at radius 1 is 1.20 bits per heavy atom. The third kappa shape index (κ3) is 3.70. The molecule has 0 unspecified atom stereocenters. The molecule has 1 N–H and O–H groups in total. The van der Waals surface area contributed by atoms with Crippen molar-refractivity contribution >= 4 is 11.8 Å². The van der Waals surface area contributed by atoms with Crippen LogP contribution in [0.3, 0.4) is 0 Å². The lowest BCUT2D eigenvalue weighted by atomic mass is 10.0. The van der Waals surface area contributed by atoms with E-state index in [1.54, 1.807) is 18.7 Å². The van der Waals surface area contributed by atoms with Crippen molar-refractivity contribution < 1.29 is 18.5 Å². The van der Waals surface area contributed by atoms with Crippen molar-refractivity contribution in [3.8, 4) is 0 Å². The Balaban J connectivity index is 1.56. The number of carbonyl (C=O) groups is 2. The molecule has 1 aromatic carbocycles. The second kappa shape index (κ2) is 7.04. The first-order chi connectivity index (χ1) is 12.0. The molecule has 6 nitrogen and oxygen atoms in total. The van der Waals surface area contributed by atoms with Gasteiger partial charge < -0.3 is 14.7 Å². The van der Waals surface area contributed by atoms with Gasteiger partial charge in [0.2, 0.25) is 0 Å². The van der Waals surface area contributed by atoms with Gasteiger partial charge in [-0.3, -0.25) is 9.59 Å². The van der Waals surface area contributed by atoms with Gasteiger partial charge in [0.1, 0.15) is 17.1 Å². The molecule has 1 aliphatic rings. The fraction of sp³-hybridized carbons (Fsp3) is 0.389. The van der Waals surface area contributed by atoms with Crippen LogP contribution in [0.15, 0.2) is 28.8 Å². The summed E-state index contributed by atoms with van der Waals surface area (Å²) in [6, 6.07) is 5.44. The van der Waals surface area contributed by atoms with Crippen LogP contribution in [0.2, 0.25) is 0 Å². The van der Waals surface area contributed by atoms with E-state index in [1.165, 1.54) is 24.3 Å². The van der Waals surface area contributed by atoms with Crippen LogP contribution < -0.4 is 5.32 Å². The number of amides is 2. The maximum atomic E-state index is 12.9. The van der Waals surface area contributed by atoms with E-state index in [0.717, 1.165) is 0 Å². The third-order valence-electron chi connectivity index (χ3n) is 4.47. The molecule has 25 heavy (non-hydrogen) atoms. The molecule has 2 heterocycles. The molecule has 0 atom stereocenters. The Bertz CT molecular complexity index is 758. The number of aromatic nitrogens is 1. The van der Waals surface area contributed by atoms with Gasteiger partial charge >= 0.3 is 0 Å². The van der Waals surface area contributed by atoms with Crippen molar-refractivity contribution in [1.82, 2.24) is 15.4 Å². The molecule has 2 aromatic rings. The Morgan fingerprint density at radius 3 is 2.40 bits per heavy atom. The van der Waals surface area contributed by atoms with Gasteiger partial charge in [-0.1, -0.05) is 5.16 Å². The van der Waals surface area contributed by atoms with Gasteiger partial charge in [-0.15, -0.1) is 0 Å². The van der Waals surface area contributed by atoms with E-state index in [9.17, 15) is 14.0 Å². The molecule has 1 aromatic heterocycles. The predicted molar refractivity (Wildman–Crippen MR) is 88.8 cm³/mol. The smallest absolute Gasteiger partial charge is 0.259 e. The molecule has 1 saturated heterocycles. The third-order valence-corrected chi connectivity index (χ3v) is 4.47. The van der Waals surface area contributed by atoms with E-state index >= 15 is 0 Å². The van der Waals surface area contributed by atoms with E-state index in [4.69, 9.17) is 4.52 Å². The number of benzene rings is 1. The van der Waals surface area contributed by atoms with E-state index in [2.05, 4.69) is 10.5 Å². The van der Waals surface area contributed by atoms with Gasteiger partial charge in [-0.05, 0) is 51.0 Å². The summed E-state index contributed by atoms with van der Waals surface area (Å²) < 4.78 is 18.0. The van der Waals surface area contributed by atoms with Crippen molar-refractivity contribution in [2.75, 3.05) is 13.1 Å². The summed E-state index contributed by atoms with van der Waals surface area (Å²) in [6.07, 6.45) is 1.34. The number of nitrogens with zero attached hydrogens (tertiary/aromatic N) is 2. The lowest BCUT2D eigenvalue weighted by Crippen LogP contribution is -2.46. The monoisotopic (exact) mass is 345 g/mol. The molecule has 7 heteroatoms. The Labute approximate surface area is 145 Å². The van der Waals surface area contributed by atoms with Crippen molar-refractivity contribution in [1.29, 1.82) is 0 Å². The molecule has 1 fully saturated rings. The molecule has 3 rings (SSSR count). The molecule has 0 radical (unpaired) electrons. The van der Waals surface area contributed by atoms with Crippen molar-refractivity contribution in [2.45, 2.75) is 32.7 Å². The second-order valence-corrected chi connectivity index (χ2v) is 6.25. The maximum Gasteiger partial charge on any atom is 0.259 e. The lowest BCUT2D eigenvalue weighted by Gasteiger charge is -2.32. The van der Waals surface area contributed by atoms with Gasteiger partial charge in [-0.25, -0.2) is 4.39 Å². The Hall–Kier alpha value is -2.70. The molecular weight excluding hydrogens is 325 g/mol. The van der Waals surface area contributed by atoms with Gasteiger partial charge in [0.05, 0.1) is 5.69 Å². The maximum absolute atomic E-state index is 12.9. The average Bonchev–Trinajstić information content (AvgIpc) is 2.94. The zero-order valence-electron chi connectivity index (χ0n) is 14.2. The number of piperidine rings is 1. The SMILES string of the molecule is Cc1noc(C)c1C(=O)N1CCC(NC(=O)c2ccc(F)cc2)CC1. The number of rotatable bonds is 3. The van der Waals surface area contributed by atoms with Crippen LogP contribution >= 0.6 is 0 Å². The van der Waals surface area contributed by atoms with Gasteiger partial charge in [0.15, 0.2) is 0 Å². The van der Waals surface area contributed by atoms with Gasteiger partial charge in [-0.2, -0.15) is 0 Å². The topological polar surface area (TPSA) is 75.4 Å². The number of halogens is 1. The van der Waals surface area contributed by atoms with Crippen LogP contribution in [0.1, 0.15) is 45.0 Å². The van der Waals surface area contributed by atoms with Crippen LogP contribution in [-0.2, 0) is 0 Å². The summed E-state index contributed by atoms with van der Waals surface area (Å²) in [6.45, 7) is 4.58. The van der Waals surface area contributed by atoms with Crippen molar-refractivity contribution in [3.63, 3.8) is 0 Å². The largest absolute Gasteiger partial charge is 0.361 e. The normalized spacial score (nSPS) is 15.2. The van der Waals surface area contributed by atoms with Crippen molar-refractivity contribution in [3.05, 3.63) is 52.7 Å². The minimum atomic E-state index is -0.373. The molecular formula is C18H20FN3O3. The predicted octanol–water partition coefficient (Wildman–Crippen LogP) is 2.47. The summed E-state index contributed by atoms with van der Waals surface area (Å²) in [5.41, 5.74) is 1.54. The lowest BCUT2D eigenvalue weighted by molar-refractivity contribution is 0.0696. The Kier molecular flexibility index (Phi) is 4.83. The minimum Gasteiger partial charge on any atom is -0.361 e. The summed E-state index contributed by atoms with van der Waals surface area (Å²) >= 11 is 0. The van der Waals surface area contributed by atoms with Gasteiger partial charge in [0.25, 0.3) is 11.8 Å². The number of aryl methyl sites for hydroxylation is 2. The fourth-order valence-corrected chi connectivity index (χ4v) is 3.04. The highest BCUT2D eigenvalue weighted by atomic mass is 19.1. The highest BCUT2D eigenvalue weighted by Crippen LogP contribution is 2.19. The quantitative estimate of drug-likeness (QED) is 0.927. The molecule has 0 aliphatic carbocycles. The summed E-state index contributed by atoms with van der Waals surface area (Å²) in [5, 5.41) is 6.76. The molecule has 0 bridgehead atoms. The number of carbonyl (C=O) groups excluding carboxylic acids is 2. The van der Waals surface area contributed by atoms with E-state index in [0.29, 0.717) is 48.5 Å². The molecule has 132 valence electrons. The summed E-state index contributed by atoms with van der Waals surface area (Å²) in [4.78, 5) is 26.5. The van der Waals surface area contributed by atoms with Crippen LogP contribution in [0, 0.1) is 19.7 Å². The van der Waals surface area contributed by atoms with Crippen LogP contribution in [-0.4, -0.2) is 41.0 Å². The zero-order valence-corrected chi connectivity index (χ0v) is 14.2. The van der Waals surface area contributed by atoms with E-state index in [-0.39, 0.29) is 23.7 Å². The highest BCUT2D eigenvalue weighted by Gasteiger charge is 2.28. The van der Waals surface area contributed by atoms with E-state index < -0.39 is 0 Å². The second-order valence-electron chi connectivity index (χ2n) is 6.25. The van der Waals surface area contributed by atoms with Crippen LogP contribution in [0.5, 0.6) is 0 Å². The highest BCUT2D eigenvalue weighted by molar-refractivity contribution is 5.96. The summed E-state index contributed by atoms with van der Waals surface area (Å²) in [7, 11) is 0. The first-order valence-corrected chi connectivity index (χ1v) is 8.24. The molecule has 2 amide bonds. The first kappa shape index (κ1) is 17.1.